The minimum Gasteiger partial charge on any atom is -0.463 e. The number of rotatable bonds is 2. The normalized spacial score (nSPS) is 7.18. The van der Waals surface area contributed by atoms with Crippen LogP contribution in [-0.4, -0.2) is 12.6 Å². The average Bonchev–Trinajstić information content (AvgIpc) is 1.87. The monoisotopic (exact) mass is 156 g/mol. The fraction of sp³-hybridized carbons (Fsp3) is 0.444. The summed E-state index contributed by atoms with van der Waals surface area (Å²) < 4.78 is 4.43. The Kier molecular flexibility index (Phi) is 10.3. The number of ether oxygens (including phenoxy) is 1. The third-order valence-corrected chi connectivity index (χ3v) is 0.453. The largest absolute Gasteiger partial charge is 0.463 e. The molecule has 0 saturated heterocycles. The predicted molar refractivity (Wildman–Crippen MR) is 47.3 cm³/mol. The quantitative estimate of drug-likeness (QED) is 0.348. The van der Waals surface area contributed by atoms with Gasteiger partial charge < -0.3 is 4.74 Å². The van der Waals surface area contributed by atoms with Crippen molar-refractivity contribution in [2.24, 2.45) is 0 Å². The van der Waals surface area contributed by atoms with E-state index < -0.39 is 0 Å². The van der Waals surface area contributed by atoms with Crippen molar-refractivity contribution in [3.63, 3.8) is 0 Å². The lowest BCUT2D eigenvalue weighted by molar-refractivity contribution is -0.137. The van der Waals surface area contributed by atoms with Crippen molar-refractivity contribution in [2.45, 2.75) is 20.8 Å². The molecule has 0 aromatic rings. The van der Waals surface area contributed by atoms with Gasteiger partial charge in [-0.2, -0.15) is 0 Å². The van der Waals surface area contributed by atoms with Crippen LogP contribution in [-0.2, 0) is 9.53 Å². The zero-order valence-electron chi connectivity index (χ0n) is 7.52. The molecule has 0 atom stereocenters. The molecule has 0 aromatic carbocycles. The molecule has 0 rings (SSSR count). The molecule has 0 spiro atoms. The predicted octanol–water partition coefficient (Wildman–Crippen LogP) is 2.32. The van der Waals surface area contributed by atoms with Crippen LogP contribution in [0, 0.1) is 0 Å². The summed E-state index contributed by atoms with van der Waals surface area (Å²) in [5, 5.41) is 0. The zero-order valence-corrected chi connectivity index (χ0v) is 7.52. The van der Waals surface area contributed by atoms with Crippen molar-refractivity contribution in [2.75, 3.05) is 6.61 Å². The zero-order chi connectivity index (χ0) is 9.28. The van der Waals surface area contributed by atoms with Crippen molar-refractivity contribution in [1.82, 2.24) is 0 Å². The number of hydrogen-bond donors (Lipinski definition) is 0. The molecular weight excluding hydrogens is 140 g/mol. The van der Waals surface area contributed by atoms with Gasteiger partial charge in [-0.3, -0.25) is 0 Å². The van der Waals surface area contributed by atoms with Crippen LogP contribution in [0.25, 0.3) is 0 Å². The van der Waals surface area contributed by atoms with E-state index in [0.717, 1.165) is 6.08 Å². The van der Waals surface area contributed by atoms with E-state index in [2.05, 4.69) is 17.9 Å². The van der Waals surface area contributed by atoms with Crippen molar-refractivity contribution in [3.8, 4) is 0 Å². The first-order valence-corrected chi connectivity index (χ1v) is 3.45. The Hall–Kier alpha value is -1.05. The molecule has 0 aliphatic rings. The highest BCUT2D eigenvalue weighted by Gasteiger charge is 1.86. The summed E-state index contributed by atoms with van der Waals surface area (Å²) in [5.74, 6) is -0.359. The van der Waals surface area contributed by atoms with Gasteiger partial charge in [0.1, 0.15) is 0 Å². The van der Waals surface area contributed by atoms with E-state index in [1.165, 1.54) is 5.57 Å². The summed E-state index contributed by atoms with van der Waals surface area (Å²) in [5.41, 5.74) is 1.17. The second-order valence-corrected chi connectivity index (χ2v) is 2.16. The first-order chi connectivity index (χ1) is 5.04. The molecule has 0 heterocycles. The molecule has 0 amide bonds. The molecular formula is C9H16O2. The van der Waals surface area contributed by atoms with Gasteiger partial charge in [0.05, 0.1) is 6.61 Å². The fourth-order valence-electron chi connectivity index (χ4n) is 0.201. The van der Waals surface area contributed by atoms with Gasteiger partial charge >= 0.3 is 5.97 Å². The molecule has 11 heavy (non-hydrogen) atoms. The maximum absolute atomic E-state index is 10.1. The first kappa shape index (κ1) is 12.6. The van der Waals surface area contributed by atoms with Gasteiger partial charge in [0.2, 0.25) is 0 Å². The van der Waals surface area contributed by atoms with E-state index in [4.69, 9.17) is 0 Å². The van der Waals surface area contributed by atoms with E-state index in [9.17, 15) is 4.79 Å². The van der Waals surface area contributed by atoms with Gasteiger partial charge in [0, 0.05) is 6.08 Å². The molecule has 0 aliphatic carbocycles. The fourth-order valence-corrected chi connectivity index (χ4v) is 0.201. The molecule has 0 saturated carbocycles. The smallest absolute Gasteiger partial charge is 0.330 e. The Labute approximate surface area is 68.6 Å². The summed E-state index contributed by atoms with van der Waals surface area (Å²) in [4.78, 5) is 10.1. The van der Waals surface area contributed by atoms with Crippen molar-refractivity contribution in [1.29, 1.82) is 0 Å². The minimum absolute atomic E-state index is 0.359. The topological polar surface area (TPSA) is 26.3 Å². The molecule has 0 fully saturated rings. The summed E-state index contributed by atoms with van der Waals surface area (Å²) in [6.45, 7) is 12.9. The van der Waals surface area contributed by atoms with Gasteiger partial charge in [-0.1, -0.05) is 12.2 Å². The Bertz CT molecular complexity index is 132. The summed E-state index contributed by atoms with van der Waals surface area (Å²) in [6.07, 6.45) is 1.14. The number of allylic oxidation sites excluding steroid dienone is 1. The van der Waals surface area contributed by atoms with E-state index >= 15 is 0 Å². The Morgan fingerprint density at radius 2 is 1.91 bits per heavy atom. The number of hydrogen-bond acceptors (Lipinski definition) is 2. The van der Waals surface area contributed by atoms with Gasteiger partial charge in [0.15, 0.2) is 0 Å². The van der Waals surface area contributed by atoms with Crippen LogP contribution in [0.3, 0.4) is 0 Å². The third-order valence-electron chi connectivity index (χ3n) is 0.453. The summed E-state index contributed by atoms with van der Waals surface area (Å²) in [6, 6.07) is 0. The highest BCUT2D eigenvalue weighted by atomic mass is 16.5. The maximum atomic E-state index is 10.1. The number of carbonyl (C=O) groups excluding carboxylic acids is 1. The molecule has 2 heteroatoms. The van der Waals surface area contributed by atoms with Crippen molar-refractivity contribution in [3.05, 3.63) is 24.8 Å². The Morgan fingerprint density at radius 1 is 1.55 bits per heavy atom. The van der Waals surface area contributed by atoms with Crippen LogP contribution >= 0.6 is 0 Å². The summed E-state index contributed by atoms with van der Waals surface area (Å²) in [7, 11) is 0. The standard InChI is InChI=1S/C5H8O2.C4H8/c1-3-5(6)7-4-2;1-4(2)3/h3H,1,4H2,2H3;1H2,2-3H3. The van der Waals surface area contributed by atoms with E-state index in [-0.39, 0.29) is 5.97 Å². The van der Waals surface area contributed by atoms with Crippen LogP contribution in [0.4, 0.5) is 0 Å². The lowest BCUT2D eigenvalue weighted by atomic mass is 10.4. The molecule has 0 radical (unpaired) electrons. The third kappa shape index (κ3) is 27.7. The molecule has 0 unspecified atom stereocenters. The molecule has 0 aliphatic heterocycles. The number of esters is 1. The highest BCUT2D eigenvalue weighted by molar-refractivity contribution is 5.81. The average molecular weight is 156 g/mol. The van der Waals surface area contributed by atoms with Gasteiger partial charge in [0.25, 0.3) is 0 Å². The van der Waals surface area contributed by atoms with Gasteiger partial charge in [-0.25, -0.2) is 4.79 Å². The van der Waals surface area contributed by atoms with Crippen LogP contribution in [0.1, 0.15) is 20.8 Å². The first-order valence-electron chi connectivity index (χ1n) is 3.45. The van der Waals surface area contributed by atoms with E-state index in [1.54, 1.807) is 6.92 Å². The highest BCUT2D eigenvalue weighted by Crippen LogP contribution is 1.74. The van der Waals surface area contributed by atoms with Crippen LogP contribution in [0.5, 0.6) is 0 Å². The minimum atomic E-state index is -0.359. The molecule has 64 valence electrons. The second kappa shape index (κ2) is 8.95. The lowest BCUT2D eigenvalue weighted by Crippen LogP contribution is -1.97. The molecule has 0 bridgehead atoms. The SMILES string of the molecule is C=C(C)C.C=CC(=O)OCC. The van der Waals surface area contributed by atoms with Crippen molar-refractivity contribution >= 4 is 5.97 Å². The van der Waals surface area contributed by atoms with E-state index in [1.807, 2.05) is 13.8 Å². The van der Waals surface area contributed by atoms with Gasteiger partial charge in [-0.05, 0) is 20.8 Å². The lowest BCUT2D eigenvalue weighted by Gasteiger charge is -1.90. The summed E-state index contributed by atoms with van der Waals surface area (Å²) >= 11 is 0. The molecule has 0 aromatic heterocycles. The second-order valence-electron chi connectivity index (χ2n) is 2.16. The van der Waals surface area contributed by atoms with Crippen molar-refractivity contribution < 1.29 is 9.53 Å². The molecule has 0 N–H and O–H groups in total. The van der Waals surface area contributed by atoms with Crippen LogP contribution < -0.4 is 0 Å². The van der Waals surface area contributed by atoms with Crippen LogP contribution in [0.15, 0.2) is 24.8 Å². The number of carbonyl (C=O) groups is 1. The maximum Gasteiger partial charge on any atom is 0.330 e. The van der Waals surface area contributed by atoms with E-state index in [0.29, 0.717) is 6.61 Å². The Balaban J connectivity index is 0. The molecule has 2 nitrogen and oxygen atoms in total. The van der Waals surface area contributed by atoms with Gasteiger partial charge in [-0.15, -0.1) is 6.58 Å². The van der Waals surface area contributed by atoms with Crippen LogP contribution in [0.2, 0.25) is 0 Å². The Morgan fingerprint density at radius 3 is 2.00 bits per heavy atom.